The molecular formula is C21H22N4O4. The van der Waals surface area contributed by atoms with Gasteiger partial charge in [0.15, 0.2) is 0 Å². The van der Waals surface area contributed by atoms with E-state index in [1.165, 1.54) is 6.07 Å². The Balaban J connectivity index is 1.60. The molecule has 0 radical (unpaired) electrons. The van der Waals surface area contributed by atoms with E-state index in [-0.39, 0.29) is 35.0 Å². The molecule has 8 heteroatoms. The number of benzene rings is 1. The second-order valence-electron chi connectivity index (χ2n) is 7.78. The third-order valence-corrected chi connectivity index (χ3v) is 5.81. The van der Waals surface area contributed by atoms with Crippen molar-refractivity contribution in [2.75, 3.05) is 10.2 Å². The summed E-state index contributed by atoms with van der Waals surface area (Å²) in [6.45, 7) is 2.41. The number of carbonyl (C=O) groups is 2. The number of amides is 2. The second kappa shape index (κ2) is 7.62. The molecule has 4 rings (SSSR count). The number of imide groups is 1. The minimum atomic E-state index is -0.510. The molecule has 2 aromatic rings. The van der Waals surface area contributed by atoms with Crippen LogP contribution in [0.5, 0.6) is 0 Å². The molecule has 3 atom stereocenters. The van der Waals surface area contributed by atoms with Gasteiger partial charge in [0.25, 0.3) is 5.69 Å². The minimum absolute atomic E-state index is 0.178. The van der Waals surface area contributed by atoms with E-state index < -0.39 is 4.92 Å². The van der Waals surface area contributed by atoms with Crippen LogP contribution in [0.25, 0.3) is 0 Å². The van der Waals surface area contributed by atoms with E-state index in [4.69, 9.17) is 0 Å². The summed E-state index contributed by atoms with van der Waals surface area (Å²) in [6, 6.07) is 9.89. The first kappa shape index (κ1) is 19.0. The predicted molar refractivity (Wildman–Crippen MR) is 107 cm³/mol. The van der Waals surface area contributed by atoms with E-state index in [1.807, 2.05) is 12.1 Å². The standard InChI is InChI=1S/C21H22N4O4/c1-13-5-7-16-17(10-13)21(27)24(20(16)26)15-6-8-18(19(11-15)25(28)29)23-12-14-4-2-3-9-22-14/h2-4,6,8-9,11,13,16-17,23H,5,7,10,12H2,1H3. The van der Waals surface area contributed by atoms with Gasteiger partial charge in [-0.15, -0.1) is 0 Å². The monoisotopic (exact) mass is 394 g/mol. The maximum atomic E-state index is 12.9. The molecule has 1 aliphatic heterocycles. The number of fused-ring (bicyclic) bond motifs is 1. The summed E-state index contributed by atoms with van der Waals surface area (Å²) in [5.41, 5.74) is 1.14. The highest BCUT2D eigenvalue weighted by molar-refractivity contribution is 6.22. The van der Waals surface area contributed by atoms with Crippen molar-refractivity contribution in [3.05, 3.63) is 58.4 Å². The number of rotatable bonds is 5. The van der Waals surface area contributed by atoms with Crippen LogP contribution in [-0.2, 0) is 16.1 Å². The highest BCUT2D eigenvalue weighted by atomic mass is 16.6. The van der Waals surface area contributed by atoms with Crippen LogP contribution in [-0.4, -0.2) is 21.7 Å². The largest absolute Gasteiger partial charge is 0.374 e. The third-order valence-electron chi connectivity index (χ3n) is 5.81. The van der Waals surface area contributed by atoms with Crippen molar-refractivity contribution >= 4 is 28.9 Å². The van der Waals surface area contributed by atoms with Crippen LogP contribution in [0.2, 0.25) is 0 Å². The molecule has 1 N–H and O–H groups in total. The molecule has 1 saturated heterocycles. The lowest BCUT2D eigenvalue weighted by molar-refractivity contribution is -0.383. The number of anilines is 2. The molecular weight excluding hydrogens is 372 g/mol. The minimum Gasteiger partial charge on any atom is -0.374 e. The molecule has 1 aromatic carbocycles. The van der Waals surface area contributed by atoms with Crippen LogP contribution >= 0.6 is 0 Å². The lowest BCUT2D eigenvalue weighted by Gasteiger charge is -2.25. The fourth-order valence-electron chi connectivity index (χ4n) is 4.29. The Labute approximate surface area is 168 Å². The molecule has 0 bridgehead atoms. The lowest BCUT2D eigenvalue weighted by atomic mass is 9.76. The Kier molecular flexibility index (Phi) is 5.00. The van der Waals surface area contributed by atoms with E-state index >= 15 is 0 Å². The zero-order chi connectivity index (χ0) is 20.5. The van der Waals surface area contributed by atoms with Gasteiger partial charge in [0.2, 0.25) is 11.8 Å². The maximum Gasteiger partial charge on any atom is 0.294 e. The van der Waals surface area contributed by atoms with E-state index in [0.29, 0.717) is 31.0 Å². The van der Waals surface area contributed by atoms with Crippen LogP contribution in [0, 0.1) is 27.9 Å². The van der Waals surface area contributed by atoms with Gasteiger partial charge in [-0.2, -0.15) is 0 Å². The average molecular weight is 394 g/mol. The van der Waals surface area contributed by atoms with Crippen molar-refractivity contribution in [1.29, 1.82) is 0 Å². The van der Waals surface area contributed by atoms with Crippen molar-refractivity contribution in [3.8, 4) is 0 Å². The van der Waals surface area contributed by atoms with E-state index in [9.17, 15) is 19.7 Å². The number of nitro groups is 1. The average Bonchev–Trinajstić information content (AvgIpc) is 2.97. The number of hydrogen-bond acceptors (Lipinski definition) is 6. The summed E-state index contributed by atoms with van der Waals surface area (Å²) >= 11 is 0. The Morgan fingerprint density at radius 1 is 1.17 bits per heavy atom. The predicted octanol–water partition coefficient (Wildman–Crippen LogP) is 3.53. The van der Waals surface area contributed by atoms with Gasteiger partial charge in [0, 0.05) is 12.3 Å². The van der Waals surface area contributed by atoms with Crippen molar-refractivity contribution in [2.24, 2.45) is 17.8 Å². The van der Waals surface area contributed by atoms with Crippen LogP contribution in [0.15, 0.2) is 42.6 Å². The van der Waals surface area contributed by atoms with E-state index in [2.05, 4.69) is 17.2 Å². The summed E-state index contributed by atoms with van der Waals surface area (Å²) in [5, 5.41) is 14.6. The number of aromatic nitrogens is 1. The SMILES string of the molecule is CC1CCC2C(=O)N(c3ccc(NCc4ccccn4)c([N+](=O)[O-])c3)C(=O)C2C1. The fourth-order valence-corrected chi connectivity index (χ4v) is 4.29. The van der Waals surface area contributed by atoms with Crippen LogP contribution in [0.4, 0.5) is 17.1 Å². The summed E-state index contributed by atoms with van der Waals surface area (Å²) in [6.07, 6.45) is 3.96. The van der Waals surface area contributed by atoms with Crippen molar-refractivity contribution in [2.45, 2.75) is 32.7 Å². The van der Waals surface area contributed by atoms with Gasteiger partial charge in [-0.05, 0) is 49.4 Å². The van der Waals surface area contributed by atoms with Crippen LogP contribution < -0.4 is 10.2 Å². The van der Waals surface area contributed by atoms with E-state index in [0.717, 1.165) is 17.0 Å². The highest BCUT2D eigenvalue weighted by Gasteiger charge is 2.50. The Morgan fingerprint density at radius 3 is 2.69 bits per heavy atom. The molecule has 2 fully saturated rings. The molecule has 1 saturated carbocycles. The maximum absolute atomic E-state index is 12.9. The zero-order valence-electron chi connectivity index (χ0n) is 16.1. The van der Waals surface area contributed by atoms with Crippen LogP contribution in [0.1, 0.15) is 31.9 Å². The van der Waals surface area contributed by atoms with Crippen molar-refractivity contribution < 1.29 is 14.5 Å². The first-order valence-corrected chi connectivity index (χ1v) is 9.75. The summed E-state index contributed by atoms with van der Waals surface area (Å²) < 4.78 is 0. The third kappa shape index (κ3) is 3.57. The van der Waals surface area contributed by atoms with Gasteiger partial charge >= 0.3 is 0 Å². The molecule has 8 nitrogen and oxygen atoms in total. The first-order chi connectivity index (χ1) is 14.0. The topological polar surface area (TPSA) is 105 Å². The van der Waals surface area contributed by atoms with Gasteiger partial charge in [-0.1, -0.05) is 13.0 Å². The Bertz CT molecular complexity index is 962. The normalized spacial score (nSPS) is 23.8. The molecule has 1 aliphatic carbocycles. The number of nitrogens with one attached hydrogen (secondary N) is 1. The van der Waals surface area contributed by atoms with Gasteiger partial charge in [-0.25, -0.2) is 4.90 Å². The molecule has 29 heavy (non-hydrogen) atoms. The van der Waals surface area contributed by atoms with Gasteiger partial charge < -0.3 is 5.32 Å². The Morgan fingerprint density at radius 2 is 1.97 bits per heavy atom. The molecule has 1 aromatic heterocycles. The summed E-state index contributed by atoms with van der Waals surface area (Å²) in [7, 11) is 0. The second-order valence-corrected chi connectivity index (χ2v) is 7.78. The van der Waals surface area contributed by atoms with Crippen molar-refractivity contribution in [1.82, 2.24) is 4.98 Å². The number of pyridine rings is 1. The van der Waals surface area contributed by atoms with Gasteiger partial charge in [0.1, 0.15) is 5.69 Å². The van der Waals surface area contributed by atoms with Crippen LogP contribution in [0.3, 0.4) is 0 Å². The fraction of sp³-hybridized carbons (Fsp3) is 0.381. The quantitative estimate of drug-likeness (QED) is 0.472. The summed E-state index contributed by atoms with van der Waals surface area (Å²) in [4.78, 5) is 42.2. The van der Waals surface area contributed by atoms with E-state index in [1.54, 1.807) is 24.4 Å². The Hall–Kier alpha value is -3.29. The highest BCUT2D eigenvalue weighted by Crippen LogP contribution is 2.43. The molecule has 150 valence electrons. The van der Waals surface area contributed by atoms with Crippen molar-refractivity contribution in [3.63, 3.8) is 0 Å². The number of nitro benzene ring substituents is 1. The lowest BCUT2D eigenvalue weighted by Crippen LogP contribution is -2.31. The number of nitrogens with zero attached hydrogens (tertiary/aromatic N) is 3. The molecule has 3 unspecified atom stereocenters. The molecule has 0 spiro atoms. The number of hydrogen-bond donors (Lipinski definition) is 1. The summed E-state index contributed by atoms with van der Waals surface area (Å²) in [5.74, 6) is -0.696. The smallest absolute Gasteiger partial charge is 0.294 e. The molecule has 2 amide bonds. The molecule has 2 heterocycles. The van der Waals surface area contributed by atoms with Gasteiger partial charge in [-0.3, -0.25) is 24.7 Å². The zero-order valence-corrected chi connectivity index (χ0v) is 16.1. The van der Waals surface area contributed by atoms with Gasteiger partial charge in [0.05, 0.1) is 34.7 Å². The first-order valence-electron chi connectivity index (χ1n) is 9.75. The molecule has 2 aliphatic rings. The number of carbonyl (C=O) groups excluding carboxylic acids is 2.